The van der Waals surface area contributed by atoms with Crippen molar-refractivity contribution in [3.63, 3.8) is 0 Å². The first-order valence-electron chi connectivity index (χ1n) is 10.4. The molecule has 1 aliphatic rings. The molecule has 1 N–H and O–H groups in total. The van der Waals surface area contributed by atoms with Gasteiger partial charge in [-0.3, -0.25) is 14.3 Å². The second kappa shape index (κ2) is 9.67. The predicted octanol–water partition coefficient (Wildman–Crippen LogP) is 2.97. The molecule has 32 heavy (non-hydrogen) atoms. The minimum atomic E-state index is -0.881. The molecule has 1 aliphatic heterocycles. The summed E-state index contributed by atoms with van der Waals surface area (Å²) in [7, 11) is 0. The number of amides is 2. The number of halogens is 2. The zero-order valence-electron chi connectivity index (χ0n) is 17.3. The van der Waals surface area contributed by atoms with Crippen molar-refractivity contribution in [3.8, 4) is 0 Å². The number of carbonyl (C=O) groups excluding carboxylic acids is 2. The molecule has 1 unspecified atom stereocenters. The molecular weight excluding hydrogens is 416 g/mol. The molecule has 0 radical (unpaired) electrons. The lowest BCUT2D eigenvalue weighted by Crippen LogP contribution is -2.44. The third-order valence-corrected chi connectivity index (χ3v) is 5.67. The topological polar surface area (TPSA) is 80.1 Å². The molecule has 0 saturated carbocycles. The molecule has 0 bridgehead atoms. The van der Waals surface area contributed by atoms with Crippen LogP contribution in [-0.4, -0.2) is 44.6 Å². The molecule has 2 heterocycles. The van der Waals surface area contributed by atoms with Gasteiger partial charge in [-0.2, -0.15) is 5.10 Å². The van der Waals surface area contributed by atoms with Gasteiger partial charge in [0.25, 0.3) is 5.91 Å². The Hall–Kier alpha value is -3.62. The Balaban J connectivity index is 1.38. The number of aromatic nitrogens is 3. The van der Waals surface area contributed by atoms with Crippen molar-refractivity contribution in [1.82, 2.24) is 25.0 Å². The lowest BCUT2D eigenvalue weighted by atomic mass is 9.94. The van der Waals surface area contributed by atoms with Gasteiger partial charge in [-0.05, 0) is 30.5 Å². The van der Waals surface area contributed by atoms with Crippen LogP contribution in [0, 0.1) is 17.6 Å². The van der Waals surface area contributed by atoms with Crippen LogP contribution in [0.4, 0.5) is 8.78 Å². The lowest BCUT2D eigenvalue weighted by molar-refractivity contribution is -0.127. The number of nitrogens with zero attached hydrogens (tertiary/aromatic N) is 4. The van der Waals surface area contributed by atoms with E-state index >= 15 is 0 Å². The van der Waals surface area contributed by atoms with Gasteiger partial charge in [0.2, 0.25) is 5.91 Å². The van der Waals surface area contributed by atoms with Crippen LogP contribution in [0.1, 0.15) is 34.8 Å². The highest BCUT2D eigenvalue weighted by molar-refractivity contribution is 5.94. The molecule has 9 heteroatoms. The van der Waals surface area contributed by atoms with Crippen LogP contribution in [0.3, 0.4) is 0 Å². The monoisotopic (exact) mass is 439 g/mol. The summed E-state index contributed by atoms with van der Waals surface area (Å²) in [5.41, 5.74) is 0.794. The first-order valence-corrected chi connectivity index (χ1v) is 10.4. The Bertz CT molecular complexity index is 1070. The van der Waals surface area contributed by atoms with E-state index in [-0.39, 0.29) is 23.4 Å². The number of piperidine rings is 1. The summed E-state index contributed by atoms with van der Waals surface area (Å²) in [5, 5.41) is 7.23. The first kappa shape index (κ1) is 21.6. The van der Waals surface area contributed by atoms with Crippen molar-refractivity contribution >= 4 is 11.8 Å². The van der Waals surface area contributed by atoms with Crippen molar-refractivity contribution in [2.45, 2.75) is 25.4 Å². The van der Waals surface area contributed by atoms with Crippen LogP contribution < -0.4 is 5.32 Å². The van der Waals surface area contributed by atoms with Gasteiger partial charge in [0, 0.05) is 25.1 Å². The van der Waals surface area contributed by atoms with Crippen LogP contribution in [0.5, 0.6) is 0 Å². The third kappa shape index (κ3) is 4.99. The Morgan fingerprint density at radius 1 is 1.09 bits per heavy atom. The highest BCUT2D eigenvalue weighted by Crippen LogP contribution is 2.23. The summed E-state index contributed by atoms with van der Waals surface area (Å²) in [4.78, 5) is 31.0. The Kier molecular flexibility index (Phi) is 6.53. The Morgan fingerprint density at radius 2 is 1.84 bits per heavy atom. The van der Waals surface area contributed by atoms with Gasteiger partial charge in [-0.15, -0.1) is 0 Å². The van der Waals surface area contributed by atoms with Crippen molar-refractivity contribution in [2.75, 3.05) is 13.1 Å². The first-order chi connectivity index (χ1) is 15.5. The van der Waals surface area contributed by atoms with Crippen LogP contribution in [0.25, 0.3) is 0 Å². The smallest absolute Gasteiger partial charge is 0.256 e. The second-order valence-electron chi connectivity index (χ2n) is 7.78. The van der Waals surface area contributed by atoms with E-state index in [9.17, 15) is 18.4 Å². The standard InChI is InChI=1S/C23H23F2N5O2/c24-18-6-7-19(20(25)12-18)23(32)29-10-8-17(9-11-29)22(31)28-21(13-30-15-26-14-27-30)16-4-2-1-3-5-16/h1-7,12,14-15,17,21H,8-11,13H2,(H,28,31). The number of carbonyl (C=O) groups is 2. The molecule has 2 amide bonds. The molecule has 1 atom stereocenters. The quantitative estimate of drug-likeness (QED) is 0.641. The average molecular weight is 439 g/mol. The predicted molar refractivity (Wildman–Crippen MR) is 112 cm³/mol. The fourth-order valence-corrected chi connectivity index (χ4v) is 3.90. The highest BCUT2D eigenvalue weighted by atomic mass is 19.1. The van der Waals surface area contributed by atoms with Crippen LogP contribution in [0.15, 0.2) is 61.2 Å². The average Bonchev–Trinajstić information content (AvgIpc) is 3.32. The van der Waals surface area contributed by atoms with E-state index in [1.807, 2.05) is 30.3 Å². The van der Waals surface area contributed by atoms with E-state index < -0.39 is 17.5 Å². The number of nitrogens with one attached hydrogen (secondary N) is 1. The minimum absolute atomic E-state index is 0.0981. The van der Waals surface area contributed by atoms with Crippen molar-refractivity contribution in [2.24, 2.45) is 5.92 Å². The van der Waals surface area contributed by atoms with E-state index in [1.165, 1.54) is 11.2 Å². The van der Waals surface area contributed by atoms with Gasteiger partial charge in [0.1, 0.15) is 24.3 Å². The van der Waals surface area contributed by atoms with Crippen LogP contribution in [0.2, 0.25) is 0 Å². The van der Waals surface area contributed by atoms with Crippen LogP contribution >= 0.6 is 0 Å². The van der Waals surface area contributed by atoms with E-state index in [0.29, 0.717) is 38.5 Å². The molecule has 3 aromatic rings. The molecule has 1 saturated heterocycles. The number of rotatable bonds is 6. The molecular formula is C23H23F2N5O2. The van der Waals surface area contributed by atoms with Gasteiger partial charge < -0.3 is 10.2 Å². The lowest BCUT2D eigenvalue weighted by Gasteiger charge is -2.32. The van der Waals surface area contributed by atoms with E-state index in [4.69, 9.17) is 0 Å². The maximum atomic E-state index is 14.0. The van der Waals surface area contributed by atoms with E-state index in [2.05, 4.69) is 15.4 Å². The summed E-state index contributed by atoms with van der Waals surface area (Å²) in [6, 6.07) is 12.3. The van der Waals surface area contributed by atoms with Gasteiger partial charge in [-0.25, -0.2) is 13.8 Å². The molecule has 0 aliphatic carbocycles. The Labute approximate surface area is 184 Å². The van der Waals surface area contributed by atoms with Crippen molar-refractivity contribution in [3.05, 3.63) is 83.9 Å². The maximum absolute atomic E-state index is 14.0. The zero-order chi connectivity index (χ0) is 22.5. The number of hydrogen-bond acceptors (Lipinski definition) is 4. The van der Waals surface area contributed by atoms with Crippen molar-refractivity contribution < 1.29 is 18.4 Å². The van der Waals surface area contributed by atoms with Crippen molar-refractivity contribution in [1.29, 1.82) is 0 Å². The summed E-state index contributed by atoms with van der Waals surface area (Å²) >= 11 is 0. The number of likely N-dealkylation sites (tertiary alicyclic amines) is 1. The molecule has 7 nitrogen and oxygen atoms in total. The molecule has 166 valence electrons. The fourth-order valence-electron chi connectivity index (χ4n) is 3.90. The van der Waals surface area contributed by atoms with Gasteiger partial charge in [0.05, 0.1) is 18.2 Å². The molecule has 1 aromatic heterocycles. The summed E-state index contributed by atoms with van der Waals surface area (Å²) in [6.07, 6.45) is 3.97. The van der Waals surface area contributed by atoms with Gasteiger partial charge >= 0.3 is 0 Å². The maximum Gasteiger partial charge on any atom is 0.256 e. The molecule has 2 aromatic carbocycles. The molecule has 0 spiro atoms. The highest BCUT2D eigenvalue weighted by Gasteiger charge is 2.30. The molecule has 4 rings (SSSR count). The number of benzene rings is 2. The van der Waals surface area contributed by atoms with Gasteiger partial charge in [0.15, 0.2) is 0 Å². The largest absolute Gasteiger partial charge is 0.347 e. The normalized spacial score (nSPS) is 15.4. The van der Waals surface area contributed by atoms with Gasteiger partial charge in [-0.1, -0.05) is 30.3 Å². The summed E-state index contributed by atoms with van der Waals surface area (Å²) in [5.74, 6) is -2.46. The summed E-state index contributed by atoms with van der Waals surface area (Å²) < 4.78 is 28.7. The fraction of sp³-hybridized carbons (Fsp3) is 0.304. The second-order valence-corrected chi connectivity index (χ2v) is 7.78. The SMILES string of the molecule is O=C(NC(Cn1cncn1)c1ccccc1)C1CCN(C(=O)c2ccc(F)cc2F)CC1. The Morgan fingerprint density at radius 3 is 2.50 bits per heavy atom. The molecule has 1 fully saturated rings. The van der Waals surface area contributed by atoms with Crippen LogP contribution in [-0.2, 0) is 11.3 Å². The summed E-state index contributed by atoms with van der Waals surface area (Å²) in [6.45, 7) is 1.09. The third-order valence-electron chi connectivity index (χ3n) is 5.67. The van der Waals surface area contributed by atoms with E-state index in [1.54, 1.807) is 11.0 Å². The minimum Gasteiger partial charge on any atom is -0.347 e. The number of hydrogen-bond donors (Lipinski definition) is 1. The van der Waals surface area contributed by atoms with E-state index in [0.717, 1.165) is 17.7 Å². The zero-order valence-corrected chi connectivity index (χ0v) is 17.3.